The minimum atomic E-state index is -4.07. The van der Waals surface area contributed by atoms with Crippen molar-refractivity contribution >= 4 is 61.7 Å². The van der Waals surface area contributed by atoms with E-state index in [0.717, 1.165) is 58.2 Å². The molecule has 0 saturated carbocycles. The number of nitrogens with one attached hydrogen (secondary N) is 1. The summed E-state index contributed by atoms with van der Waals surface area (Å²) in [6, 6.07) is 13.0. The fourth-order valence-electron chi connectivity index (χ4n) is 5.75. The van der Waals surface area contributed by atoms with Gasteiger partial charge in [-0.3, -0.25) is 19.6 Å². The monoisotopic (exact) mass is 644 g/mol. The molecule has 1 atom stereocenters. The summed E-state index contributed by atoms with van der Waals surface area (Å²) in [5.41, 5.74) is 1.10. The summed E-state index contributed by atoms with van der Waals surface area (Å²) < 4.78 is 28.8. The van der Waals surface area contributed by atoms with Gasteiger partial charge in [-0.15, -0.1) is 0 Å². The van der Waals surface area contributed by atoms with E-state index in [4.69, 9.17) is 11.6 Å². The van der Waals surface area contributed by atoms with Crippen molar-refractivity contribution in [3.05, 3.63) is 65.9 Å². The van der Waals surface area contributed by atoms with Crippen LogP contribution in [0.3, 0.4) is 0 Å². The maximum Gasteiger partial charge on any atom is 0.252 e. The molecule has 2 fully saturated rings. The number of carbonyl (C=O) groups excluding carboxylic acids is 2. The molecule has 230 valence electrons. The zero-order valence-electron chi connectivity index (χ0n) is 24.4. The predicted octanol–water partition coefficient (Wildman–Crippen LogP) is 3.47. The van der Waals surface area contributed by atoms with Gasteiger partial charge in [0.25, 0.3) is 5.91 Å². The second kappa shape index (κ2) is 13.8. The lowest BCUT2D eigenvalue weighted by Crippen LogP contribution is -2.68. The first-order valence-electron chi connectivity index (χ1n) is 14.4. The number of carbonyl (C=O) groups is 2. The number of amides is 2. The third-order valence-corrected chi connectivity index (χ3v) is 11.0. The standard InChI is InChI=1S/C30H37ClN6O4S2/c1-3-42-17-14-33-30(39)28-20-36(43(40,41)27-7-5-22-18-24(31)6-4-23(22)19-27)21-29(38)37(28)34(2)25-10-15-35(16-11-25)26-8-12-32-13-9-26/h4-9,12-13,18-19,25,28H,3,10-11,14-17,20-21H2,1-2H3,(H,33,39). The fraction of sp³-hybridized carbons (Fsp3) is 0.433. The molecule has 2 aromatic carbocycles. The van der Waals surface area contributed by atoms with E-state index in [-0.39, 0.29) is 29.9 Å². The number of sulfonamides is 1. The number of piperazine rings is 1. The Labute approximate surface area is 262 Å². The van der Waals surface area contributed by atoms with Crippen LogP contribution in [0.5, 0.6) is 0 Å². The Kier molecular flexibility index (Phi) is 10.1. The fourth-order valence-corrected chi connectivity index (χ4v) is 7.89. The molecule has 0 spiro atoms. The Bertz CT molecular complexity index is 1550. The van der Waals surface area contributed by atoms with Crippen LogP contribution in [0, 0.1) is 0 Å². The minimum Gasteiger partial charge on any atom is -0.371 e. The van der Waals surface area contributed by atoms with Crippen LogP contribution in [0.15, 0.2) is 65.8 Å². The lowest BCUT2D eigenvalue weighted by Gasteiger charge is -2.48. The Morgan fingerprint density at radius 3 is 2.51 bits per heavy atom. The number of rotatable bonds is 10. The molecule has 1 unspecified atom stereocenters. The molecule has 0 bridgehead atoms. The molecule has 2 saturated heterocycles. The van der Waals surface area contributed by atoms with Crippen LogP contribution < -0.4 is 10.2 Å². The third-order valence-electron chi connectivity index (χ3n) is 8.06. The molecular formula is C30H37ClN6O4S2. The summed E-state index contributed by atoms with van der Waals surface area (Å²) in [5.74, 6) is 0.869. The third kappa shape index (κ3) is 7.09. The molecule has 3 aromatic rings. The molecule has 0 radical (unpaired) electrons. The van der Waals surface area contributed by atoms with Crippen LogP contribution in [-0.4, -0.2) is 103 Å². The number of piperidine rings is 1. The van der Waals surface area contributed by atoms with Crippen molar-refractivity contribution < 1.29 is 18.0 Å². The first kappa shape index (κ1) is 31.5. The SMILES string of the molecule is CCSCCNC(=O)C1CN(S(=O)(=O)c2ccc3cc(Cl)ccc3c2)CC(=O)N1N(C)C1CCN(c2ccncc2)CC1. The van der Waals surface area contributed by atoms with Crippen molar-refractivity contribution in [1.82, 2.24) is 24.6 Å². The highest BCUT2D eigenvalue weighted by Gasteiger charge is 2.45. The summed E-state index contributed by atoms with van der Waals surface area (Å²) in [5, 5.41) is 8.38. The highest BCUT2D eigenvalue weighted by molar-refractivity contribution is 7.99. The number of pyridine rings is 1. The molecule has 2 aliphatic heterocycles. The van der Waals surface area contributed by atoms with E-state index in [1.54, 1.807) is 54.5 Å². The Hall–Kier alpha value is -2.90. The summed E-state index contributed by atoms with van der Waals surface area (Å²) in [4.78, 5) is 33.8. The van der Waals surface area contributed by atoms with Crippen molar-refractivity contribution in [2.45, 2.75) is 36.7 Å². The van der Waals surface area contributed by atoms with Crippen molar-refractivity contribution in [2.24, 2.45) is 0 Å². The van der Waals surface area contributed by atoms with E-state index in [0.29, 0.717) is 11.6 Å². The van der Waals surface area contributed by atoms with E-state index < -0.39 is 22.0 Å². The Morgan fingerprint density at radius 1 is 1.09 bits per heavy atom. The van der Waals surface area contributed by atoms with Crippen molar-refractivity contribution in [3.8, 4) is 0 Å². The average Bonchev–Trinajstić information content (AvgIpc) is 3.02. The maximum atomic E-state index is 13.8. The van der Waals surface area contributed by atoms with E-state index in [9.17, 15) is 18.0 Å². The largest absolute Gasteiger partial charge is 0.371 e. The van der Waals surface area contributed by atoms with E-state index in [1.807, 2.05) is 31.1 Å². The van der Waals surface area contributed by atoms with Gasteiger partial charge in [-0.25, -0.2) is 13.4 Å². The number of hydrogen-bond acceptors (Lipinski definition) is 8. The van der Waals surface area contributed by atoms with Gasteiger partial charge < -0.3 is 10.2 Å². The zero-order valence-corrected chi connectivity index (χ0v) is 26.7. The van der Waals surface area contributed by atoms with Gasteiger partial charge in [0, 0.05) is 68.1 Å². The average molecular weight is 645 g/mol. The normalized spacial score (nSPS) is 18.9. The smallest absolute Gasteiger partial charge is 0.252 e. The number of anilines is 1. The molecular weight excluding hydrogens is 608 g/mol. The van der Waals surface area contributed by atoms with Crippen LogP contribution in [-0.2, 0) is 19.6 Å². The Morgan fingerprint density at radius 2 is 1.79 bits per heavy atom. The zero-order chi connectivity index (χ0) is 30.6. The van der Waals surface area contributed by atoms with Gasteiger partial charge >= 0.3 is 0 Å². The van der Waals surface area contributed by atoms with Gasteiger partial charge in [-0.2, -0.15) is 16.1 Å². The number of halogens is 1. The van der Waals surface area contributed by atoms with Crippen LogP contribution in [0.2, 0.25) is 5.02 Å². The predicted molar refractivity (Wildman–Crippen MR) is 172 cm³/mol. The molecule has 2 aliphatic rings. The van der Waals surface area contributed by atoms with Crippen LogP contribution in [0.25, 0.3) is 10.8 Å². The van der Waals surface area contributed by atoms with Gasteiger partial charge in [0.1, 0.15) is 6.04 Å². The molecule has 0 aliphatic carbocycles. The summed E-state index contributed by atoms with van der Waals surface area (Å²) in [6.45, 7) is 3.58. The lowest BCUT2D eigenvalue weighted by atomic mass is 10.0. The van der Waals surface area contributed by atoms with Crippen molar-refractivity contribution in [2.75, 3.05) is 56.2 Å². The molecule has 1 aromatic heterocycles. The molecule has 5 rings (SSSR count). The molecule has 43 heavy (non-hydrogen) atoms. The van der Waals surface area contributed by atoms with Crippen molar-refractivity contribution in [1.29, 1.82) is 0 Å². The summed E-state index contributed by atoms with van der Waals surface area (Å²) in [7, 11) is -2.24. The summed E-state index contributed by atoms with van der Waals surface area (Å²) in [6.07, 6.45) is 5.12. The number of thioether (sulfide) groups is 1. The summed E-state index contributed by atoms with van der Waals surface area (Å²) >= 11 is 7.80. The number of benzene rings is 2. The van der Waals surface area contributed by atoms with E-state index >= 15 is 0 Å². The number of hydrogen-bond donors (Lipinski definition) is 1. The maximum absolute atomic E-state index is 13.8. The second-order valence-corrected chi connectivity index (χ2v) is 14.5. The van der Waals surface area contributed by atoms with Crippen LogP contribution >= 0.6 is 23.4 Å². The van der Waals surface area contributed by atoms with Gasteiger partial charge in [0.05, 0.1) is 11.4 Å². The van der Waals surface area contributed by atoms with E-state index in [2.05, 4.69) is 15.2 Å². The van der Waals surface area contributed by atoms with Gasteiger partial charge in [0.15, 0.2) is 0 Å². The van der Waals surface area contributed by atoms with Crippen molar-refractivity contribution in [3.63, 3.8) is 0 Å². The van der Waals surface area contributed by atoms with E-state index in [1.165, 1.54) is 11.1 Å². The molecule has 2 amide bonds. The van der Waals surface area contributed by atoms with Crippen LogP contribution in [0.4, 0.5) is 5.69 Å². The van der Waals surface area contributed by atoms with Gasteiger partial charge in [-0.05, 0) is 65.8 Å². The lowest BCUT2D eigenvalue weighted by molar-refractivity contribution is -0.170. The number of nitrogens with zero attached hydrogens (tertiary/aromatic N) is 5. The number of hydrazine groups is 1. The highest BCUT2D eigenvalue weighted by Crippen LogP contribution is 2.29. The highest BCUT2D eigenvalue weighted by atomic mass is 35.5. The number of aromatic nitrogens is 1. The quantitative estimate of drug-likeness (QED) is 0.335. The van der Waals surface area contributed by atoms with Gasteiger partial charge in [0.2, 0.25) is 15.9 Å². The molecule has 13 heteroatoms. The molecule has 1 N–H and O–H groups in total. The van der Waals surface area contributed by atoms with Gasteiger partial charge in [-0.1, -0.05) is 30.7 Å². The minimum absolute atomic E-state index is 0.0171. The topological polar surface area (TPSA) is 106 Å². The molecule has 3 heterocycles. The first-order valence-corrected chi connectivity index (χ1v) is 17.4. The Balaban J connectivity index is 1.36. The number of fused-ring (bicyclic) bond motifs is 1. The second-order valence-electron chi connectivity index (χ2n) is 10.7. The van der Waals surface area contributed by atoms with Crippen LogP contribution in [0.1, 0.15) is 19.8 Å². The first-order chi connectivity index (χ1) is 20.7. The molecule has 10 nitrogen and oxygen atoms in total.